The van der Waals surface area contributed by atoms with Crippen molar-refractivity contribution in [2.75, 3.05) is 34.2 Å². The van der Waals surface area contributed by atoms with E-state index in [0.29, 0.717) is 12.5 Å². The first kappa shape index (κ1) is 38.5. The minimum absolute atomic E-state index is 0.0956. The molecule has 4 N–H and O–H groups in total. The van der Waals surface area contributed by atoms with Gasteiger partial charge in [0.15, 0.2) is 0 Å². The van der Waals surface area contributed by atoms with Crippen molar-refractivity contribution in [2.45, 2.75) is 84.5 Å². The first-order valence-electron chi connectivity index (χ1n) is 18.2. The molecular formula is C40H58N8O2. The molecular weight excluding hydrogens is 624 g/mol. The first-order chi connectivity index (χ1) is 24.1. The second kappa shape index (κ2) is 18.6. The summed E-state index contributed by atoms with van der Waals surface area (Å²) in [5.41, 5.74) is 6.09. The molecule has 10 heteroatoms. The molecule has 10 nitrogen and oxygen atoms in total. The summed E-state index contributed by atoms with van der Waals surface area (Å²) in [6.07, 6.45) is 8.86. The van der Waals surface area contributed by atoms with Crippen molar-refractivity contribution in [3.05, 3.63) is 72.3 Å². The van der Waals surface area contributed by atoms with Crippen LogP contribution in [0.2, 0.25) is 0 Å². The summed E-state index contributed by atoms with van der Waals surface area (Å²) in [7, 11) is 5.60. The Bertz CT molecular complexity index is 1560. The van der Waals surface area contributed by atoms with Crippen molar-refractivity contribution in [1.29, 1.82) is 0 Å². The maximum Gasteiger partial charge on any atom is 0.241 e. The number of likely N-dealkylation sites (tertiary alicyclic amines) is 1. The maximum atomic E-state index is 13.5. The van der Waals surface area contributed by atoms with E-state index in [-0.39, 0.29) is 36.0 Å². The number of aryl methyl sites for hydroxylation is 1. The largest absolute Gasteiger partial charge is 0.363 e. The summed E-state index contributed by atoms with van der Waals surface area (Å²) in [5, 5.41) is 10.0. The molecule has 0 radical (unpaired) electrons. The fourth-order valence-electron chi connectivity index (χ4n) is 6.75. The first-order valence-corrected chi connectivity index (χ1v) is 18.2. The van der Waals surface area contributed by atoms with Crippen LogP contribution in [0.25, 0.3) is 28.1 Å². The lowest BCUT2D eigenvalue weighted by atomic mass is 9.98. The van der Waals surface area contributed by atoms with Crippen LogP contribution >= 0.6 is 0 Å². The standard InChI is InChI=1S/C40H58N8O2/c1-9-27(3)37(42-6)39(49)47(8)23-11-13-35-44-26-34(45-35)32-21-17-30(18-22-32)29-15-19-31(20-16-29)33(25-41-5)46-36-14-12-24-48(36)40(50)38(43-7)28(4)10-2/h15-22,25-28,36-38,42-43,46H,5,9-14,23-24H2,1-4,6-8H3,(H,44,45)/b33-25-/t27-,28-,36?,37-,38-/m0/s1. The number of benzene rings is 2. The third-order valence-electron chi connectivity index (χ3n) is 10.3. The van der Waals surface area contributed by atoms with E-state index in [2.05, 4.69) is 114 Å². The average molecular weight is 683 g/mol. The van der Waals surface area contributed by atoms with E-state index in [1.165, 1.54) is 0 Å². The molecule has 1 unspecified atom stereocenters. The van der Waals surface area contributed by atoms with Crippen LogP contribution in [-0.4, -0.2) is 90.8 Å². The zero-order valence-corrected chi connectivity index (χ0v) is 31.1. The predicted octanol–water partition coefficient (Wildman–Crippen LogP) is 5.94. The number of amides is 2. The highest BCUT2D eigenvalue weighted by atomic mass is 16.2. The van der Waals surface area contributed by atoms with Gasteiger partial charge in [-0.25, -0.2) is 4.98 Å². The molecule has 1 aliphatic rings. The Morgan fingerprint density at radius 3 is 2.20 bits per heavy atom. The van der Waals surface area contributed by atoms with Crippen molar-refractivity contribution < 1.29 is 9.59 Å². The number of hydrogen-bond acceptors (Lipinski definition) is 7. The van der Waals surface area contributed by atoms with Gasteiger partial charge in [0.1, 0.15) is 12.0 Å². The summed E-state index contributed by atoms with van der Waals surface area (Å²) in [6, 6.07) is 16.5. The minimum atomic E-state index is -0.199. The Hall–Kier alpha value is -4.28. The van der Waals surface area contributed by atoms with E-state index in [9.17, 15) is 9.59 Å². The molecule has 3 aromatic rings. The van der Waals surface area contributed by atoms with E-state index in [0.717, 1.165) is 84.5 Å². The molecule has 2 aromatic carbocycles. The number of nitrogens with one attached hydrogen (secondary N) is 4. The van der Waals surface area contributed by atoms with Gasteiger partial charge in [0.2, 0.25) is 11.8 Å². The molecule has 1 aliphatic heterocycles. The van der Waals surface area contributed by atoms with E-state index in [4.69, 9.17) is 0 Å². The summed E-state index contributed by atoms with van der Waals surface area (Å²) < 4.78 is 0. The van der Waals surface area contributed by atoms with Crippen LogP contribution in [0.1, 0.15) is 71.2 Å². The highest BCUT2D eigenvalue weighted by molar-refractivity contribution is 5.83. The molecule has 2 heterocycles. The van der Waals surface area contributed by atoms with Gasteiger partial charge in [0.05, 0.1) is 29.7 Å². The van der Waals surface area contributed by atoms with Gasteiger partial charge in [-0.2, -0.15) is 0 Å². The number of rotatable bonds is 18. The zero-order chi connectivity index (χ0) is 36.2. The van der Waals surface area contributed by atoms with Gasteiger partial charge in [-0.3, -0.25) is 14.6 Å². The fraction of sp³-hybridized carbons (Fsp3) is 0.500. The number of carbonyl (C=O) groups is 2. The predicted molar refractivity (Wildman–Crippen MR) is 205 cm³/mol. The molecule has 0 spiro atoms. The second-order valence-corrected chi connectivity index (χ2v) is 13.6. The summed E-state index contributed by atoms with van der Waals surface area (Å²) in [6.45, 7) is 13.6. The average Bonchev–Trinajstić information content (AvgIpc) is 3.82. The van der Waals surface area contributed by atoms with E-state index in [1.807, 2.05) is 37.1 Å². The summed E-state index contributed by atoms with van der Waals surface area (Å²) in [4.78, 5) is 42.3. The molecule has 1 aromatic heterocycles. The van der Waals surface area contributed by atoms with Crippen LogP contribution in [0, 0.1) is 11.8 Å². The van der Waals surface area contributed by atoms with Gasteiger partial charge in [0, 0.05) is 32.8 Å². The Morgan fingerprint density at radius 1 is 1.00 bits per heavy atom. The van der Waals surface area contributed by atoms with Crippen molar-refractivity contribution in [3.63, 3.8) is 0 Å². The van der Waals surface area contributed by atoms with Crippen LogP contribution in [0.4, 0.5) is 0 Å². The molecule has 270 valence electrons. The molecule has 2 amide bonds. The topological polar surface area (TPSA) is 118 Å². The number of likely N-dealkylation sites (N-methyl/N-ethyl adjacent to an activating group) is 3. The highest BCUT2D eigenvalue weighted by Gasteiger charge is 2.35. The molecule has 0 bridgehead atoms. The Morgan fingerprint density at radius 2 is 1.60 bits per heavy atom. The number of nitrogens with zero attached hydrogens (tertiary/aromatic N) is 4. The maximum absolute atomic E-state index is 13.5. The van der Waals surface area contributed by atoms with Crippen LogP contribution in [-0.2, 0) is 16.0 Å². The molecule has 5 atom stereocenters. The highest BCUT2D eigenvalue weighted by Crippen LogP contribution is 2.27. The van der Waals surface area contributed by atoms with Gasteiger partial charge in [-0.15, -0.1) is 0 Å². The lowest BCUT2D eigenvalue weighted by Crippen LogP contribution is -2.53. The van der Waals surface area contributed by atoms with Crippen LogP contribution < -0.4 is 16.0 Å². The number of hydrogen-bond donors (Lipinski definition) is 4. The third-order valence-corrected chi connectivity index (χ3v) is 10.3. The SMILES string of the molecule is C=N/C=C(\NC1CCCN1C(=O)[C@@H](NC)[C@@H](C)CC)c1ccc(-c2ccc(-c3cnc(CCCN(C)C(=O)[C@@H](NC)[C@@H](C)CC)[nH]3)cc2)cc1. The van der Waals surface area contributed by atoms with Gasteiger partial charge in [-0.05, 0) is 74.2 Å². The lowest BCUT2D eigenvalue weighted by molar-refractivity contribution is -0.136. The number of aromatic amines is 1. The minimum Gasteiger partial charge on any atom is -0.363 e. The normalized spacial score (nSPS) is 17.2. The van der Waals surface area contributed by atoms with E-state index in [1.54, 1.807) is 6.20 Å². The number of aromatic nitrogens is 2. The number of imidazole rings is 1. The van der Waals surface area contributed by atoms with Gasteiger partial charge >= 0.3 is 0 Å². The Balaban J connectivity index is 1.35. The third kappa shape index (κ3) is 9.48. The summed E-state index contributed by atoms with van der Waals surface area (Å²) in [5.74, 6) is 1.75. The molecule has 50 heavy (non-hydrogen) atoms. The smallest absolute Gasteiger partial charge is 0.241 e. The fourth-order valence-corrected chi connectivity index (χ4v) is 6.75. The quantitative estimate of drug-likeness (QED) is 0.124. The Kier molecular flexibility index (Phi) is 14.4. The Labute approximate surface area is 299 Å². The van der Waals surface area contributed by atoms with Gasteiger partial charge in [-0.1, -0.05) is 89.1 Å². The van der Waals surface area contributed by atoms with Gasteiger partial charge < -0.3 is 30.7 Å². The molecule has 0 saturated carbocycles. The van der Waals surface area contributed by atoms with Crippen LogP contribution in [0.3, 0.4) is 0 Å². The number of carbonyl (C=O) groups excluding carboxylic acids is 2. The summed E-state index contributed by atoms with van der Waals surface area (Å²) >= 11 is 0. The van der Waals surface area contributed by atoms with E-state index < -0.39 is 0 Å². The number of aliphatic imine (C=N–C) groups is 1. The monoisotopic (exact) mass is 682 g/mol. The van der Waals surface area contributed by atoms with Crippen molar-refractivity contribution in [2.24, 2.45) is 16.8 Å². The second-order valence-electron chi connectivity index (χ2n) is 13.6. The molecule has 4 rings (SSSR count). The van der Waals surface area contributed by atoms with Crippen molar-refractivity contribution in [1.82, 2.24) is 35.7 Å². The van der Waals surface area contributed by atoms with Gasteiger partial charge in [0.25, 0.3) is 0 Å². The van der Waals surface area contributed by atoms with E-state index >= 15 is 0 Å². The van der Waals surface area contributed by atoms with Crippen LogP contribution in [0.15, 0.2) is 65.9 Å². The molecule has 1 saturated heterocycles. The molecule has 1 fully saturated rings. The molecule has 0 aliphatic carbocycles. The lowest BCUT2D eigenvalue weighted by Gasteiger charge is -2.32. The van der Waals surface area contributed by atoms with Crippen molar-refractivity contribution >= 4 is 24.2 Å². The van der Waals surface area contributed by atoms with Crippen molar-refractivity contribution in [3.8, 4) is 22.4 Å². The van der Waals surface area contributed by atoms with Crippen LogP contribution in [0.5, 0.6) is 0 Å². The number of H-pyrrole nitrogens is 1. The zero-order valence-electron chi connectivity index (χ0n) is 31.1.